The zero-order valence-electron chi connectivity index (χ0n) is 8.58. The van der Waals surface area contributed by atoms with Crippen molar-refractivity contribution < 1.29 is 119 Å². The Balaban J connectivity index is -0.0000000178. The molecule has 0 aromatic carbocycles. The van der Waals surface area contributed by atoms with Crippen molar-refractivity contribution in [1.82, 2.24) is 0 Å². The van der Waals surface area contributed by atoms with Crippen molar-refractivity contribution in [2.45, 2.75) is 12.8 Å². The maximum absolute atomic E-state index is 3.64. The van der Waals surface area contributed by atoms with Crippen LogP contribution in [0.3, 0.4) is 0 Å². The van der Waals surface area contributed by atoms with Crippen LogP contribution in [0, 0.1) is 0 Å². The van der Waals surface area contributed by atoms with E-state index in [1.54, 1.807) is 0 Å². The lowest BCUT2D eigenvalue weighted by Crippen LogP contribution is -3.00. The van der Waals surface area contributed by atoms with Crippen molar-refractivity contribution in [3.63, 3.8) is 0 Å². The van der Waals surface area contributed by atoms with Gasteiger partial charge in [-0.3, -0.25) is 0 Å². The molecule has 0 aliphatic carbocycles. The average molecular weight is 660 g/mol. The molecular weight excluding hydrogens is 636 g/mol. The van der Waals surface area contributed by atoms with Gasteiger partial charge in [0.05, 0.1) is 26.2 Å². The predicted molar refractivity (Wildman–Crippen MR) is 40.3 cm³/mol. The van der Waals surface area contributed by atoms with Crippen LogP contribution in [-0.2, 0) is 0 Å². The number of hydrogen-bond donors (Lipinski definition) is 4. The Morgan fingerprint density at radius 1 is 0.429 bits per heavy atom. The molecule has 0 radical (unpaired) electrons. The van der Waals surface area contributed by atoms with E-state index in [9.17, 15) is 0 Å². The number of halogens is 4. The van der Waals surface area contributed by atoms with Crippen molar-refractivity contribution in [3.8, 4) is 0 Å². The van der Waals surface area contributed by atoms with E-state index in [1.807, 2.05) is 0 Å². The summed E-state index contributed by atoms with van der Waals surface area (Å²) in [6, 6.07) is 0. The lowest BCUT2D eigenvalue weighted by atomic mass is 10.4. The van der Waals surface area contributed by atoms with Crippen molar-refractivity contribution in [2.75, 3.05) is 26.2 Å². The van der Waals surface area contributed by atoms with Crippen LogP contribution < -0.4 is 119 Å². The monoisotopic (exact) mass is 660 g/mol. The van der Waals surface area contributed by atoms with E-state index < -0.39 is 0 Å². The normalized spacial score (nSPS) is 6.00. The highest BCUT2D eigenvalue weighted by molar-refractivity contribution is 4.19. The van der Waals surface area contributed by atoms with Gasteiger partial charge in [0, 0.05) is 12.8 Å². The molecule has 12 N–H and O–H groups in total. The van der Waals surface area contributed by atoms with Gasteiger partial charge in [-0.2, -0.15) is 0 Å². The summed E-state index contributed by atoms with van der Waals surface area (Å²) in [6.45, 7) is 4.12. The molecule has 0 aromatic rings. The van der Waals surface area contributed by atoms with Crippen molar-refractivity contribution in [3.05, 3.63) is 0 Å². The Morgan fingerprint density at radius 3 is 0.571 bits per heavy atom. The van der Waals surface area contributed by atoms with Crippen molar-refractivity contribution in [2.24, 2.45) is 0 Å². The summed E-state index contributed by atoms with van der Waals surface area (Å²) in [4.78, 5) is 0. The molecule has 4 nitrogen and oxygen atoms in total. The third-order valence-electron chi connectivity index (χ3n) is 1.000. The molecule has 0 unspecified atom stereocenters. The van der Waals surface area contributed by atoms with Crippen molar-refractivity contribution in [1.29, 1.82) is 0 Å². The molecule has 0 fully saturated rings. The summed E-state index contributed by atoms with van der Waals surface area (Å²) in [5, 5.41) is 0. The topological polar surface area (TPSA) is 111 Å². The van der Waals surface area contributed by atoms with Crippen LogP contribution in [-0.4, -0.2) is 26.2 Å². The van der Waals surface area contributed by atoms with Crippen LogP contribution in [0.1, 0.15) is 12.8 Å². The molecule has 0 spiro atoms. The fraction of sp³-hybridized carbons (Fsp3) is 1.00. The van der Waals surface area contributed by atoms with Crippen LogP contribution in [0.25, 0.3) is 0 Å². The average Bonchev–Trinajstić information content (AvgIpc) is 1.93. The lowest BCUT2D eigenvalue weighted by Gasteiger charge is -1.75. The molecule has 0 saturated carbocycles. The van der Waals surface area contributed by atoms with Gasteiger partial charge in [0.25, 0.3) is 0 Å². The second-order valence-corrected chi connectivity index (χ2v) is 2.12. The molecule has 0 aromatic heterocycles. The van der Waals surface area contributed by atoms with Gasteiger partial charge < -0.3 is 119 Å². The van der Waals surface area contributed by atoms with E-state index in [0.717, 1.165) is 26.2 Å². The standard InChI is InChI=1S/2C3H10N2.4HI/c2*4-2-1-3-5;;;;/h2*1-5H2;4*1H. The fourth-order valence-electron chi connectivity index (χ4n) is 0.354. The van der Waals surface area contributed by atoms with Gasteiger partial charge in [-0.15, -0.1) is 0 Å². The minimum Gasteiger partial charge on any atom is -1.00 e. The number of rotatable bonds is 4. The second-order valence-electron chi connectivity index (χ2n) is 2.12. The van der Waals surface area contributed by atoms with E-state index in [1.165, 1.54) is 12.8 Å². The zero-order valence-corrected chi connectivity index (χ0v) is 17.2. The third-order valence-corrected chi connectivity index (χ3v) is 1.000. The van der Waals surface area contributed by atoms with E-state index in [0.29, 0.717) is 0 Å². The smallest absolute Gasteiger partial charge is 0.0794 e. The molecular formula is C6H24I4N4. The maximum atomic E-state index is 3.64. The van der Waals surface area contributed by atoms with Crippen LogP contribution in [0.15, 0.2) is 0 Å². The predicted octanol–water partition coefficient (Wildman–Crippen LogP) is -16.3. The molecule has 14 heavy (non-hydrogen) atoms. The highest BCUT2D eigenvalue weighted by Gasteiger charge is 1.74. The summed E-state index contributed by atoms with van der Waals surface area (Å²) < 4.78 is 0. The molecule has 0 aliphatic heterocycles. The Hall–Kier alpha value is 2.76. The zero-order chi connectivity index (χ0) is 8.24. The van der Waals surface area contributed by atoms with Crippen LogP contribution in [0.2, 0.25) is 0 Å². The highest BCUT2D eigenvalue weighted by Crippen LogP contribution is 1.53. The lowest BCUT2D eigenvalue weighted by molar-refractivity contribution is -0.405. The summed E-state index contributed by atoms with van der Waals surface area (Å²) in [5.74, 6) is 0. The molecule has 0 atom stereocenters. The maximum Gasteiger partial charge on any atom is 0.0794 e. The fourth-order valence-corrected chi connectivity index (χ4v) is 0.354. The Bertz CT molecular complexity index is 42.8. The quantitative estimate of drug-likeness (QED) is 0.215. The molecule has 0 heterocycles. The molecule has 96 valence electrons. The van der Waals surface area contributed by atoms with Gasteiger partial charge >= 0.3 is 0 Å². The molecule has 0 bridgehead atoms. The van der Waals surface area contributed by atoms with Crippen LogP contribution in [0.5, 0.6) is 0 Å². The van der Waals surface area contributed by atoms with E-state index in [4.69, 9.17) is 0 Å². The first-order chi connectivity index (χ1) is 4.83. The molecule has 0 saturated heterocycles. The third kappa shape index (κ3) is 61.2. The summed E-state index contributed by atoms with van der Waals surface area (Å²) in [5.41, 5.74) is 14.5. The first-order valence-electron chi connectivity index (χ1n) is 4.00. The van der Waals surface area contributed by atoms with Gasteiger partial charge in [0.15, 0.2) is 0 Å². The SMILES string of the molecule is [I-].[I-].[I-].[I-].[NH3+]CCC[NH3+].[NH3+]CCC[NH3+]. The van der Waals surface area contributed by atoms with Crippen molar-refractivity contribution >= 4 is 0 Å². The first-order valence-corrected chi connectivity index (χ1v) is 4.00. The van der Waals surface area contributed by atoms with E-state index >= 15 is 0 Å². The highest BCUT2D eigenvalue weighted by atomic mass is 127. The van der Waals surface area contributed by atoms with E-state index in [2.05, 4.69) is 22.9 Å². The Morgan fingerprint density at radius 2 is 0.571 bits per heavy atom. The van der Waals surface area contributed by atoms with Gasteiger partial charge in [-0.1, -0.05) is 0 Å². The molecule has 8 heteroatoms. The Kier molecular flexibility index (Phi) is 115. The second kappa shape index (κ2) is 44.7. The van der Waals surface area contributed by atoms with Gasteiger partial charge in [-0.25, -0.2) is 0 Å². The molecule has 0 amide bonds. The summed E-state index contributed by atoms with van der Waals surface area (Å²) >= 11 is 0. The molecule has 0 rings (SSSR count). The summed E-state index contributed by atoms with van der Waals surface area (Å²) in [6.07, 6.45) is 2.33. The largest absolute Gasteiger partial charge is 1.00 e. The molecule has 0 aliphatic rings. The minimum atomic E-state index is 0. The minimum absolute atomic E-state index is 0. The van der Waals surface area contributed by atoms with Gasteiger partial charge in [0.1, 0.15) is 0 Å². The Labute approximate surface area is 156 Å². The number of quaternary nitrogens is 4. The van der Waals surface area contributed by atoms with Crippen LogP contribution >= 0.6 is 0 Å². The van der Waals surface area contributed by atoms with E-state index in [-0.39, 0.29) is 95.9 Å². The first kappa shape index (κ1) is 36.0. The van der Waals surface area contributed by atoms with Gasteiger partial charge in [0.2, 0.25) is 0 Å². The number of hydrogen-bond acceptors (Lipinski definition) is 0. The summed E-state index contributed by atoms with van der Waals surface area (Å²) in [7, 11) is 0. The van der Waals surface area contributed by atoms with Crippen LogP contribution in [0.4, 0.5) is 0 Å². The van der Waals surface area contributed by atoms with Gasteiger partial charge in [-0.05, 0) is 0 Å².